The first-order chi connectivity index (χ1) is 29.3. The highest BCUT2D eigenvalue weighted by atomic mass is 16.7. The van der Waals surface area contributed by atoms with Crippen molar-refractivity contribution < 1.29 is 39.8 Å². The van der Waals surface area contributed by atoms with Gasteiger partial charge in [0.15, 0.2) is 6.29 Å². The van der Waals surface area contributed by atoms with Crippen molar-refractivity contribution in [3.05, 3.63) is 48.6 Å². The molecule has 1 aliphatic rings. The summed E-state index contributed by atoms with van der Waals surface area (Å²) in [7, 11) is 0. The Morgan fingerprint density at radius 2 is 0.983 bits per heavy atom. The van der Waals surface area contributed by atoms with E-state index in [0.29, 0.717) is 6.42 Å². The molecule has 1 fully saturated rings. The fourth-order valence-electron chi connectivity index (χ4n) is 7.63. The molecule has 1 aliphatic heterocycles. The SMILES string of the molecule is CCCCCCC/C=C\C/C=C\C/C=C\CCCCCCCCCCCCCCCCC(=O)NC(COC1OC(CO)C(O)C(O)C1O)C(O)/C=C/CCCCCCCC. The van der Waals surface area contributed by atoms with E-state index in [4.69, 9.17) is 9.47 Å². The molecular weight excluding hydrogens is 755 g/mol. The number of ether oxygens (including phenoxy) is 2. The van der Waals surface area contributed by atoms with Crippen molar-refractivity contribution in [1.82, 2.24) is 5.32 Å². The number of amides is 1. The van der Waals surface area contributed by atoms with Gasteiger partial charge in [0.1, 0.15) is 24.4 Å². The molecule has 0 radical (unpaired) electrons. The van der Waals surface area contributed by atoms with Crippen molar-refractivity contribution in [3.8, 4) is 0 Å². The minimum atomic E-state index is -1.56. The van der Waals surface area contributed by atoms with E-state index in [1.54, 1.807) is 6.08 Å². The van der Waals surface area contributed by atoms with Gasteiger partial charge in [-0.1, -0.05) is 197 Å². The third kappa shape index (κ3) is 31.1. The maximum absolute atomic E-state index is 12.9. The fourth-order valence-corrected chi connectivity index (χ4v) is 7.63. The number of carbonyl (C=O) groups is 1. The summed E-state index contributed by atoms with van der Waals surface area (Å²) in [5, 5.41) is 54.0. The molecular formula is C51H93NO8. The predicted molar refractivity (Wildman–Crippen MR) is 249 cm³/mol. The standard InChI is InChI=1S/C51H93NO8/c1-3-5-7-9-11-13-14-15-16-17-18-19-20-21-22-23-24-25-26-27-28-29-30-31-32-33-35-37-39-41-47(55)52-44(45(54)40-38-36-34-12-10-8-6-4-2)43-59-51-50(58)49(57)48(56)46(42-53)60-51/h14-15,17-18,20-21,38,40,44-46,48-51,53-54,56-58H,3-13,16,19,22-37,39,41-43H2,1-2H3,(H,52,55)/b15-14-,18-17-,21-20-,40-38+. The van der Waals surface area contributed by atoms with Gasteiger partial charge >= 0.3 is 0 Å². The third-order valence-corrected chi connectivity index (χ3v) is 11.6. The molecule has 0 aliphatic carbocycles. The number of unbranched alkanes of at least 4 members (excludes halogenated alkanes) is 25. The molecule has 6 N–H and O–H groups in total. The summed E-state index contributed by atoms with van der Waals surface area (Å²) in [5.41, 5.74) is 0. The maximum atomic E-state index is 12.9. The number of aliphatic hydroxyl groups is 5. The van der Waals surface area contributed by atoms with Gasteiger partial charge in [-0.25, -0.2) is 0 Å². The molecule has 9 nitrogen and oxygen atoms in total. The van der Waals surface area contributed by atoms with Gasteiger partial charge in [0.05, 0.1) is 25.4 Å². The molecule has 1 rings (SSSR count). The Bertz CT molecular complexity index is 1080. The summed E-state index contributed by atoms with van der Waals surface area (Å²) < 4.78 is 11.2. The molecule has 0 aromatic carbocycles. The maximum Gasteiger partial charge on any atom is 0.220 e. The lowest BCUT2D eigenvalue weighted by Gasteiger charge is -2.40. The molecule has 0 bridgehead atoms. The molecule has 0 spiro atoms. The average molecular weight is 848 g/mol. The second-order valence-corrected chi connectivity index (χ2v) is 17.3. The molecule has 1 heterocycles. The van der Waals surface area contributed by atoms with E-state index < -0.39 is 49.5 Å². The van der Waals surface area contributed by atoms with Crippen LogP contribution in [0.5, 0.6) is 0 Å². The van der Waals surface area contributed by atoms with Crippen molar-refractivity contribution in [2.75, 3.05) is 13.2 Å². The van der Waals surface area contributed by atoms with Crippen molar-refractivity contribution in [2.24, 2.45) is 0 Å². The molecule has 7 unspecified atom stereocenters. The van der Waals surface area contributed by atoms with Crippen LogP contribution in [0.1, 0.15) is 213 Å². The van der Waals surface area contributed by atoms with Gasteiger partial charge in [-0.15, -0.1) is 0 Å². The van der Waals surface area contributed by atoms with Crippen LogP contribution in [0.15, 0.2) is 48.6 Å². The Morgan fingerprint density at radius 3 is 1.45 bits per heavy atom. The van der Waals surface area contributed by atoms with E-state index in [-0.39, 0.29) is 12.5 Å². The number of carbonyl (C=O) groups excluding carboxylic acids is 1. The molecule has 1 amide bonds. The van der Waals surface area contributed by atoms with Gasteiger partial charge in [-0.3, -0.25) is 4.79 Å². The monoisotopic (exact) mass is 848 g/mol. The first-order valence-electron chi connectivity index (χ1n) is 24.9. The second kappa shape index (κ2) is 41.2. The number of hydrogen-bond donors (Lipinski definition) is 6. The Hall–Kier alpha value is -1.85. The van der Waals surface area contributed by atoms with Crippen molar-refractivity contribution in [2.45, 2.75) is 256 Å². The van der Waals surface area contributed by atoms with Crippen molar-refractivity contribution in [1.29, 1.82) is 0 Å². The highest BCUT2D eigenvalue weighted by Gasteiger charge is 2.44. The molecule has 9 heteroatoms. The summed E-state index contributed by atoms with van der Waals surface area (Å²) >= 11 is 0. The molecule has 350 valence electrons. The van der Waals surface area contributed by atoms with Crippen LogP contribution in [0.4, 0.5) is 0 Å². The average Bonchev–Trinajstić information content (AvgIpc) is 3.25. The summed E-state index contributed by atoms with van der Waals surface area (Å²) in [5.74, 6) is -0.182. The Labute approximate surface area is 367 Å². The zero-order valence-electron chi connectivity index (χ0n) is 38.5. The molecule has 1 saturated heterocycles. The number of rotatable bonds is 41. The summed E-state index contributed by atoms with van der Waals surface area (Å²) in [6.45, 7) is 3.71. The Kier molecular flexibility index (Phi) is 38.5. The zero-order valence-corrected chi connectivity index (χ0v) is 38.5. The van der Waals surface area contributed by atoms with Crippen molar-refractivity contribution >= 4 is 5.91 Å². The summed E-state index contributed by atoms with van der Waals surface area (Å²) in [6.07, 6.45) is 46.2. The van der Waals surface area contributed by atoms with E-state index in [0.717, 1.165) is 51.4 Å². The van der Waals surface area contributed by atoms with Crippen molar-refractivity contribution in [3.63, 3.8) is 0 Å². The lowest BCUT2D eigenvalue weighted by molar-refractivity contribution is -0.302. The van der Waals surface area contributed by atoms with Gasteiger partial charge in [-0.2, -0.15) is 0 Å². The predicted octanol–water partition coefficient (Wildman–Crippen LogP) is 11.0. The van der Waals surface area contributed by atoms with Crippen LogP contribution in [0.25, 0.3) is 0 Å². The molecule has 7 atom stereocenters. The lowest BCUT2D eigenvalue weighted by Crippen LogP contribution is -2.60. The molecule has 0 saturated carbocycles. The van der Waals surface area contributed by atoms with E-state index in [1.165, 1.54) is 141 Å². The van der Waals surface area contributed by atoms with Crippen LogP contribution < -0.4 is 5.32 Å². The zero-order chi connectivity index (χ0) is 43.7. The summed E-state index contributed by atoms with van der Waals surface area (Å²) in [6, 6.07) is -0.803. The van der Waals surface area contributed by atoms with Gasteiger partial charge in [0.2, 0.25) is 5.91 Å². The first-order valence-corrected chi connectivity index (χ1v) is 24.9. The molecule has 0 aromatic rings. The third-order valence-electron chi connectivity index (χ3n) is 11.6. The number of hydrogen-bond acceptors (Lipinski definition) is 8. The van der Waals surface area contributed by atoms with E-state index >= 15 is 0 Å². The topological polar surface area (TPSA) is 149 Å². The van der Waals surface area contributed by atoms with Gasteiger partial charge in [0.25, 0.3) is 0 Å². The van der Waals surface area contributed by atoms with Crippen LogP contribution in [-0.4, -0.2) is 87.5 Å². The van der Waals surface area contributed by atoms with Crippen LogP contribution in [-0.2, 0) is 14.3 Å². The molecule has 60 heavy (non-hydrogen) atoms. The number of nitrogens with one attached hydrogen (secondary N) is 1. The minimum absolute atomic E-state index is 0.182. The largest absolute Gasteiger partial charge is 0.394 e. The summed E-state index contributed by atoms with van der Waals surface area (Å²) in [4.78, 5) is 12.9. The first kappa shape index (κ1) is 56.2. The normalized spacial score (nSPS) is 20.9. The minimum Gasteiger partial charge on any atom is -0.394 e. The number of aliphatic hydroxyl groups excluding tert-OH is 5. The Balaban J connectivity index is 2.14. The van der Waals surface area contributed by atoms with Crippen LogP contribution in [0, 0.1) is 0 Å². The smallest absolute Gasteiger partial charge is 0.220 e. The highest BCUT2D eigenvalue weighted by Crippen LogP contribution is 2.23. The van der Waals surface area contributed by atoms with Gasteiger partial charge in [-0.05, 0) is 57.8 Å². The van der Waals surface area contributed by atoms with E-state index in [9.17, 15) is 30.3 Å². The van der Waals surface area contributed by atoms with E-state index in [1.807, 2.05) is 6.08 Å². The quantitative estimate of drug-likeness (QED) is 0.0263. The van der Waals surface area contributed by atoms with Crippen LogP contribution in [0.3, 0.4) is 0 Å². The van der Waals surface area contributed by atoms with Crippen LogP contribution >= 0.6 is 0 Å². The number of allylic oxidation sites excluding steroid dienone is 7. The lowest BCUT2D eigenvalue weighted by atomic mass is 9.99. The second-order valence-electron chi connectivity index (χ2n) is 17.3. The van der Waals surface area contributed by atoms with Gasteiger partial charge in [0, 0.05) is 6.42 Å². The fraction of sp³-hybridized carbons (Fsp3) is 0.824. The molecule has 0 aromatic heterocycles. The van der Waals surface area contributed by atoms with Gasteiger partial charge < -0.3 is 40.3 Å². The van der Waals surface area contributed by atoms with E-state index in [2.05, 4.69) is 55.6 Å². The van der Waals surface area contributed by atoms with Crippen LogP contribution in [0.2, 0.25) is 0 Å². The highest BCUT2D eigenvalue weighted by molar-refractivity contribution is 5.76. The Morgan fingerprint density at radius 1 is 0.567 bits per heavy atom.